The summed E-state index contributed by atoms with van der Waals surface area (Å²) in [6, 6.07) is 17.5. The molecule has 0 unspecified atom stereocenters. The number of carbonyl (C=O) groups is 3. The van der Waals surface area contributed by atoms with Crippen LogP contribution in [0.15, 0.2) is 72.4 Å². The maximum atomic E-state index is 13.3. The first-order valence-corrected chi connectivity index (χ1v) is 10.4. The molecule has 3 aromatic rings. The molecule has 0 spiro atoms. The van der Waals surface area contributed by atoms with Gasteiger partial charge in [-0.15, -0.1) is 0 Å². The lowest BCUT2D eigenvalue weighted by Crippen LogP contribution is -2.30. The van der Waals surface area contributed by atoms with Crippen molar-refractivity contribution in [2.75, 3.05) is 26.6 Å². The summed E-state index contributed by atoms with van der Waals surface area (Å²) in [6.45, 7) is 0. The number of benzene rings is 3. The van der Waals surface area contributed by atoms with Crippen molar-refractivity contribution in [3.05, 3.63) is 89.1 Å². The number of hydrogen-bond acceptors (Lipinski definition) is 6. The van der Waals surface area contributed by atoms with Gasteiger partial charge in [0.1, 0.15) is 11.4 Å². The van der Waals surface area contributed by atoms with Crippen LogP contribution in [0.2, 0.25) is 0 Å². The Morgan fingerprint density at radius 3 is 2.06 bits per heavy atom. The number of rotatable bonds is 9. The van der Waals surface area contributed by atoms with E-state index in [9.17, 15) is 19.5 Å². The van der Waals surface area contributed by atoms with Crippen LogP contribution in [0.4, 0.5) is 5.69 Å². The Hall–Kier alpha value is -4.79. The van der Waals surface area contributed by atoms with Gasteiger partial charge in [-0.3, -0.25) is 9.59 Å². The molecule has 0 saturated heterocycles. The van der Waals surface area contributed by atoms with Gasteiger partial charge in [0.2, 0.25) is 0 Å². The third-order valence-corrected chi connectivity index (χ3v) is 4.94. The quantitative estimate of drug-likeness (QED) is 0.401. The Bertz CT molecular complexity index is 1270. The molecule has 35 heavy (non-hydrogen) atoms. The molecule has 0 radical (unpaired) electrons. The topological polar surface area (TPSA) is 123 Å². The predicted octanol–water partition coefficient (Wildman–Crippen LogP) is 3.82. The Balaban J connectivity index is 2.00. The summed E-state index contributed by atoms with van der Waals surface area (Å²) in [5.74, 6) is -1.17. The smallest absolute Gasteiger partial charge is 0.335 e. The molecule has 3 aromatic carbocycles. The number of ether oxygens (including phenoxy) is 3. The van der Waals surface area contributed by atoms with E-state index >= 15 is 0 Å². The van der Waals surface area contributed by atoms with E-state index in [2.05, 4.69) is 10.6 Å². The summed E-state index contributed by atoms with van der Waals surface area (Å²) in [7, 11) is 4.38. The van der Waals surface area contributed by atoms with Gasteiger partial charge < -0.3 is 30.0 Å². The number of carboxylic acids is 1. The number of amides is 2. The fourth-order valence-corrected chi connectivity index (χ4v) is 3.18. The molecular formula is C26H24N2O7. The van der Waals surface area contributed by atoms with E-state index in [1.165, 1.54) is 45.6 Å². The molecule has 0 aliphatic carbocycles. The van der Waals surface area contributed by atoms with Gasteiger partial charge in [0.15, 0.2) is 11.5 Å². The summed E-state index contributed by atoms with van der Waals surface area (Å²) in [4.78, 5) is 37.5. The molecule has 0 saturated carbocycles. The summed E-state index contributed by atoms with van der Waals surface area (Å²) < 4.78 is 15.8. The minimum Gasteiger partial charge on any atom is -0.495 e. The highest BCUT2D eigenvalue weighted by atomic mass is 16.5. The number of carbonyl (C=O) groups excluding carboxylic acids is 2. The summed E-state index contributed by atoms with van der Waals surface area (Å²) in [6.07, 6.45) is 1.46. The number of nitrogens with one attached hydrogen (secondary N) is 2. The molecule has 2 amide bonds. The Morgan fingerprint density at radius 1 is 0.771 bits per heavy atom. The van der Waals surface area contributed by atoms with E-state index < -0.39 is 17.8 Å². The summed E-state index contributed by atoms with van der Waals surface area (Å²) in [5.41, 5.74) is 0.898. The third-order valence-electron chi connectivity index (χ3n) is 4.94. The molecule has 9 heteroatoms. The second-order valence-corrected chi connectivity index (χ2v) is 7.17. The largest absolute Gasteiger partial charge is 0.495 e. The Labute approximate surface area is 201 Å². The fraction of sp³-hybridized carbons (Fsp3) is 0.115. The number of carboxylic acid groups (broad SMARTS) is 1. The van der Waals surface area contributed by atoms with Crippen LogP contribution in [0.1, 0.15) is 26.3 Å². The van der Waals surface area contributed by atoms with Crippen LogP contribution in [-0.2, 0) is 4.79 Å². The fourth-order valence-electron chi connectivity index (χ4n) is 3.18. The molecule has 3 rings (SSSR count). The van der Waals surface area contributed by atoms with Crippen molar-refractivity contribution < 1.29 is 33.7 Å². The standard InChI is InChI=1S/C26H24N2O7/c1-33-21-12-10-18(26(31)32)15-19(21)27-25(30)20(28-24(29)17-7-5-4-6-8-17)13-16-9-11-22(34-2)23(14-16)35-3/h4-15H,1-3H3,(H,27,30)(H,28,29)(H,31,32)/b20-13-. The number of anilines is 1. The zero-order valence-electron chi connectivity index (χ0n) is 19.3. The Morgan fingerprint density at radius 2 is 1.43 bits per heavy atom. The highest BCUT2D eigenvalue weighted by Crippen LogP contribution is 2.29. The monoisotopic (exact) mass is 476 g/mol. The lowest BCUT2D eigenvalue weighted by Gasteiger charge is -2.14. The molecule has 0 fully saturated rings. The molecule has 0 aliphatic heterocycles. The number of aromatic carboxylic acids is 1. The average Bonchev–Trinajstić information content (AvgIpc) is 2.88. The first-order valence-electron chi connectivity index (χ1n) is 10.4. The van der Waals surface area contributed by atoms with Crippen LogP contribution in [0.25, 0.3) is 6.08 Å². The van der Waals surface area contributed by atoms with E-state index in [0.29, 0.717) is 22.6 Å². The minimum atomic E-state index is -1.17. The van der Waals surface area contributed by atoms with Crippen LogP contribution in [0.3, 0.4) is 0 Å². The van der Waals surface area contributed by atoms with Crippen LogP contribution in [0.5, 0.6) is 17.2 Å². The summed E-state index contributed by atoms with van der Waals surface area (Å²) in [5, 5.41) is 14.5. The molecule has 0 aromatic heterocycles. The molecule has 180 valence electrons. The van der Waals surface area contributed by atoms with Gasteiger partial charge in [-0.2, -0.15) is 0 Å². The van der Waals surface area contributed by atoms with Gasteiger partial charge in [-0.05, 0) is 54.1 Å². The molecule has 0 atom stereocenters. The van der Waals surface area contributed by atoms with Crippen molar-refractivity contribution in [1.82, 2.24) is 5.32 Å². The van der Waals surface area contributed by atoms with Crippen molar-refractivity contribution in [3.63, 3.8) is 0 Å². The van der Waals surface area contributed by atoms with Gasteiger partial charge >= 0.3 is 5.97 Å². The van der Waals surface area contributed by atoms with E-state index in [1.807, 2.05) is 0 Å². The van der Waals surface area contributed by atoms with Crippen molar-refractivity contribution in [2.45, 2.75) is 0 Å². The normalized spacial score (nSPS) is 10.8. The third kappa shape index (κ3) is 6.17. The zero-order valence-corrected chi connectivity index (χ0v) is 19.3. The van der Waals surface area contributed by atoms with Crippen molar-refractivity contribution in [1.29, 1.82) is 0 Å². The lowest BCUT2D eigenvalue weighted by molar-refractivity contribution is -0.113. The first kappa shape index (κ1) is 24.8. The lowest BCUT2D eigenvalue weighted by atomic mass is 10.1. The molecule has 9 nitrogen and oxygen atoms in total. The van der Waals surface area contributed by atoms with Crippen LogP contribution in [-0.4, -0.2) is 44.2 Å². The SMILES string of the molecule is COc1ccc(C(=O)O)cc1NC(=O)/C(=C/c1ccc(OC)c(OC)c1)NC(=O)c1ccccc1. The highest BCUT2D eigenvalue weighted by Gasteiger charge is 2.18. The maximum Gasteiger partial charge on any atom is 0.335 e. The van der Waals surface area contributed by atoms with Gasteiger partial charge in [-0.25, -0.2) is 4.79 Å². The predicted molar refractivity (Wildman–Crippen MR) is 130 cm³/mol. The number of hydrogen-bond donors (Lipinski definition) is 3. The van der Waals surface area contributed by atoms with Gasteiger partial charge in [0.05, 0.1) is 32.6 Å². The van der Waals surface area contributed by atoms with Crippen molar-refractivity contribution in [2.24, 2.45) is 0 Å². The maximum absolute atomic E-state index is 13.3. The highest BCUT2D eigenvalue weighted by molar-refractivity contribution is 6.11. The molecule has 0 heterocycles. The second kappa shape index (κ2) is 11.4. The first-order chi connectivity index (χ1) is 16.9. The number of methoxy groups -OCH3 is 3. The van der Waals surface area contributed by atoms with E-state index in [-0.39, 0.29) is 22.7 Å². The molecule has 3 N–H and O–H groups in total. The summed E-state index contributed by atoms with van der Waals surface area (Å²) >= 11 is 0. The van der Waals surface area contributed by atoms with E-state index in [1.54, 1.807) is 48.5 Å². The van der Waals surface area contributed by atoms with Gasteiger partial charge in [0.25, 0.3) is 11.8 Å². The van der Waals surface area contributed by atoms with E-state index in [4.69, 9.17) is 14.2 Å². The van der Waals surface area contributed by atoms with Gasteiger partial charge in [-0.1, -0.05) is 24.3 Å². The van der Waals surface area contributed by atoms with Crippen LogP contribution >= 0.6 is 0 Å². The van der Waals surface area contributed by atoms with E-state index in [0.717, 1.165) is 0 Å². The Kier molecular flexibility index (Phi) is 8.07. The zero-order chi connectivity index (χ0) is 25.4. The van der Waals surface area contributed by atoms with Crippen LogP contribution < -0.4 is 24.8 Å². The second-order valence-electron chi connectivity index (χ2n) is 7.17. The van der Waals surface area contributed by atoms with Crippen molar-refractivity contribution in [3.8, 4) is 17.2 Å². The minimum absolute atomic E-state index is 0.0418. The average molecular weight is 476 g/mol. The molecular weight excluding hydrogens is 452 g/mol. The van der Waals surface area contributed by atoms with Gasteiger partial charge in [0, 0.05) is 5.56 Å². The van der Waals surface area contributed by atoms with Crippen molar-refractivity contribution >= 4 is 29.5 Å². The molecule has 0 bridgehead atoms. The van der Waals surface area contributed by atoms with Crippen LogP contribution in [0, 0.1) is 0 Å². The molecule has 0 aliphatic rings.